The van der Waals surface area contributed by atoms with Crippen LogP contribution in [0.1, 0.15) is 29.8 Å². The zero-order valence-electron chi connectivity index (χ0n) is 16.7. The SMILES string of the molecule is CC(C)NS(=O)(=O)c1ccc(C(=O)Oc2ccc(OCc3ccccc3)cc2)cc1. The van der Waals surface area contributed by atoms with Crippen molar-refractivity contribution in [3.05, 3.63) is 90.0 Å². The number of nitrogens with one attached hydrogen (secondary N) is 1. The van der Waals surface area contributed by atoms with E-state index in [1.54, 1.807) is 38.1 Å². The minimum absolute atomic E-state index is 0.0904. The fraction of sp³-hybridized carbons (Fsp3) is 0.174. The average Bonchev–Trinajstić information content (AvgIpc) is 2.73. The van der Waals surface area contributed by atoms with E-state index in [9.17, 15) is 13.2 Å². The minimum atomic E-state index is -3.61. The Hall–Kier alpha value is -3.16. The van der Waals surface area contributed by atoms with E-state index in [0.717, 1.165) is 5.56 Å². The Balaban J connectivity index is 1.59. The van der Waals surface area contributed by atoms with Gasteiger partial charge in [-0.3, -0.25) is 0 Å². The van der Waals surface area contributed by atoms with Gasteiger partial charge in [0.15, 0.2) is 0 Å². The molecule has 6 nitrogen and oxygen atoms in total. The molecule has 0 aliphatic carbocycles. The third-order valence-electron chi connectivity index (χ3n) is 4.07. The van der Waals surface area contributed by atoms with Crippen LogP contribution in [0.2, 0.25) is 0 Å². The molecule has 0 bridgehead atoms. The van der Waals surface area contributed by atoms with E-state index < -0.39 is 16.0 Å². The highest BCUT2D eigenvalue weighted by atomic mass is 32.2. The van der Waals surface area contributed by atoms with Crippen LogP contribution in [0.15, 0.2) is 83.8 Å². The number of hydrogen-bond acceptors (Lipinski definition) is 5. The van der Waals surface area contributed by atoms with Gasteiger partial charge in [0.25, 0.3) is 0 Å². The fourth-order valence-corrected chi connectivity index (χ4v) is 3.91. The molecular formula is C23H23NO5S. The molecule has 0 radical (unpaired) electrons. The zero-order valence-corrected chi connectivity index (χ0v) is 17.6. The van der Waals surface area contributed by atoms with Crippen molar-refractivity contribution < 1.29 is 22.7 Å². The van der Waals surface area contributed by atoms with E-state index in [4.69, 9.17) is 9.47 Å². The molecule has 0 aromatic heterocycles. The van der Waals surface area contributed by atoms with Gasteiger partial charge in [-0.25, -0.2) is 17.9 Å². The standard InChI is InChI=1S/C23H23NO5S/c1-17(2)24-30(26,27)22-14-8-19(9-15-22)23(25)29-21-12-10-20(11-13-21)28-16-18-6-4-3-5-7-18/h3-15,17,24H,16H2,1-2H3. The van der Waals surface area contributed by atoms with Crippen LogP contribution in [0, 0.1) is 0 Å². The van der Waals surface area contributed by atoms with Crippen molar-refractivity contribution in [3.63, 3.8) is 0 Å². The lowest BCUT2D eigenvalue weighted by atomic mass is 10.2. The molecule has 0 saturated carbocycles. The van der Waals surface area contributed by atoms with Gasteiger partial charge in [-0.05, 0) is 67.9 Å². The second-order valence-corrected chi connectivity index (χ2v) is 8.65. The molecule has 0 saturated heterocycles. The maximum atomic E-state index is 12.3. The lowest BCUT2D eigenvalue weighted by molar-refractivity contribution is 0.0734. The fourth-order valence-electron chi connectivity index (χ4n) is 2.66. The molecule has 1 N–H and O–H groups in total. The van der Waals surface area contributed by atoms with E-state index in [1.165, 1.54) is 24.3 Å². The largest absolute Gasteiger partial charge is 0.489 e. The van der Waals surface area contributed by atoms with Crippen LogP contribution in [0.3, 0.4) is 0 Å². The summed E-state index contributed by atoms with van der Waals surface area (Å²) in [6.07, 6.45) is 0. The van der Waals surface area contributed by atoms with Gasteiger partial charge in [-0.1, -0.05) is 30.3 Å². The first-order valence-corrected chi connectivity index (χ1v) is 10.9. The molecule has 0 heterocycles. The van der Waals surface area contributed by atoms with E-state index in [-0.39, 0.29) is 16.5 Å². The van der Waals surface area contributed by atoms with Crippen molar-refractivity contribution in [1.82, 2.24) is 4.72 Å². The van der Waals surface area contributed by atoms with Crippen molar-refractivity contribution in [3.8, 4) is 11.5 Å². The Kier molecular flexibility index (Phi) is 6.87. The van der Waals surface area contributed by atoms with Gasteiger partial charge in [0.2, 0.25) is 10.0 Å². The summed E-state index contributed by atoms with van der Waals surface area (Å²) in [7, 11) is -3.61. The smallest absolute Gasteiger partial charge is 0.343 e. The van der Waals surface area contributed by atoms with Crippen LogP contribution in [0.4, 0.5) is 0 Å². The summed E-state index contributed by atoms with van der Waals surface area (Å²) in [6.45, 7) is 3.92. The Bertz CT molecular complexity index is 1080. The predicted molar refractivity (Wildman–Crippen MR) is 114 cm³/mol. The van der Waals surface area contributed by atoms with Crippen molar-refractivity contribution in [1.29, 1.82) is 0 Å². The first-order valence-electron chi connectivity index (χ1n) is 9.45. The summed E-state index contributed by atoms with van der Waals surface area (Å²) in [5.41, 5.74) is 1.31. The van der Waals surface area contributed by atoms with Crippen LogP contribution < -0.4 is 14.2 Å². The summed E-state index contributed by atoms with van der Waals surface area (Å²) in [5, 5.41) is 0. The van der Waals surface area contributed by atoms with Crippen molar-refractivity contribution in [2.24, 2.45) is 0 Å². The monoisotopic (exact) mass is 425 g/mol. The quantitative estimate of drug-likeness (QED) is 0.433. The lowest BCUT2D eigenvalue weighted by Gasteiger charge is -2.10. The number of rotatable bonds is 8. The van der Waals surface area contributed by atoms with Crippen LogP contribution in [-0.2, 0) is 16.6 Å². The van der Waals surface area contributed by atoms with Gasteiger partial charge in [-0.2, -0.15) is 0 Å². The number of hydrogen-bond donors (Lipinski definition) is 1. The normalized spacial score (nSPS) is 11.3. The first kappa shape index (κ1) is 21.5. The highest BCUT2D eigenvalue weighted by Gasteiger charge is 2.16. The Morgan fingerprint density at radius 3 is 2.07 bits per heavy atom. The Morgan fingerprint density at radius 1 is 0.867 bits per heavy atom. The number of carbonyl (C=O) groups excluding carboxylic acids is 1. The minimum Gasteiger partial charge on any atom is -0.489 e. The topological polar surface area (TPSA) is 81.7 Å². The van der Waals surface area contributed by atoms with Crippen LogP contribution in [0.5, 0.6) is 11.5 Å². The second-order valence-electron chi connectivity index (χ2n) is 6.94. The Morgan fingerprint density at radius 2 is 1.47 bits per heavy atom. The van der Waals surface area contributed by atoms with Gasteiger partial charge in [0.05, 0.1) is 10.5 Å². The van der Waals surface area contributed by atoms with Crippen LogP contribution >= 0.6 is 0 Å². The zero-order chi connectivity index (χ0) is 21.6. The summed E-state index contributed by atoms with van der Waals surface area (Å²) in [5.74, 6) is 0.449. The summed E-state index contributed by atoms with van der Waals surface area (Å²) in [4.78, 5) is 12.4. The molecular weight excluding hydrogens is 402 g/mol. The maximum absolute atomic E-state index is 12.3. The van der Waals surface area contributed by atoms with Gasteiger partial charge in [0, 0.05) is 6.04 Å². The second kappa shape index (κ2) is 9.56. The van der Waals surface area contributed by atoms with E-state index >= 15 is 0 Å². The van der Waals surface area contributed by atoms with Gasteiger partial charge < -0.3 is 9.47 Å². The molecule has 156 valence electrons. The molecule has 0 spiro atoms. The highest BCUT2D eigenvalue weighted by Crippen LogP contribution is 2.20. The predicted octanol–water partition coefficient (Wildman–Crippen LogP) is 4.17. The first-order chi connectivity index (χ1) is 14.3. The summed E-state index contributed by atoms with van der Waals surface area (Å²) < 4.78 is 37.9. The Labute approximate surface area is 176 Å². The summed E-state index contributed by atoms with van der Waals surface area (Å²) in [6, 6.07) is 21.9. The molecule has 0 amide bonds. The number of benzene rings is 3. The van der Waals surface area contributed by atoms with Crippen LogP contribution in [-0.4, -0.2) is 20.4 Å². The number of sulfonamides is 1. The van der Waals surface area contributed by atoms with Gasteiger partial charge >= 0.3 is 5.97 Å². The van der Waals surface area contributed by atoms with Gasteiger partial charge in [0.1, 0.15) is 18.1 Å². The maximum Gasteiger partial charge on any atom is 0.343 e. The highest BCUT2D eigenvalue weighted by molar-refractivity contribution is 7.89. The van der Waals surface area contributed by atoms with E-state index in [0.29, 0.717) is 18.1 Å². The lowest BCUT2D eigenvalue weighted by Crippen LogP contribution is -2.30. The summed E-state index contributed by atoms with van der Waals surface area (Å²) >= 11 is 0. The molecule has 3 rings (SSSR count). The van der Waals surface area contributed by atoms with Crippen molar-refractivity contribution >= 4 is 16.0 Å². The van der Waals surface area contributed by atoms with Gasteiger partial charge in [-0.15, -0.1) is 0 Å². The van der Waals surface area contributed by atoms with Crippen molar-refractivity contribution in [2.75, 3.05) is 0 Å². The third kappa shape index (κ3) is 5.92. The molecule has 0 aliphatic heterocycles. The van der Waals surface area contributed by atoms with E-state index in [2.05, 4.69) is 4.72 Å². The molecule has 0 aliphatic rings. The molecule has 3 aromatic carbocycles. The number of carbonyl (C=O) groups is 1. The van der Waals surface area contributed by atoms with Crippen LogP contribution in [0.25, 0.3) is 0 Å². The molecule has 30 heavy (non-hydrogen) atoms. The molecule has 7 heteroatoms. The molecule has 0 unspecified atom stereocenters. The van der Waals surface area contributed by atoms with E-state index in [1.807, 2.05) is 30.3 Å². The molecule has 3 aromatic rings. The third-order valence-corrected chi connectivity index (χ3v) is 5.75. The number of esters is 1. The average molecular weight is 426 g/mol. The van der Waals surface area contributed by atoms with Crippen molar-refractivity contribution in [2.45, 2.75) is 31.4 Å². The molecule has 0 fully saturated rings. The number of ether oxygens (including phenoxy) is 2. The molecule has 0 atom stereocenters.